The Morgan fingerprint density at radius 1 is 0.750 bits per heavy atom. The molecule has 0 spiro atoms. The minimum absolute atomic E-state index is 0. The van der Waals surface area contributed by atoms with Crippen molar-refractivity contribution in [1.82, 2.24) is 0 Å². The number of nitrogens with zero attached hydrogens (tertiary/aromatic N) is 1. The largest absolute Gasteiger partial charge is 1.00 e. The lowest BCUT2D eigenvalue weighted by Gasteiger charge is -2.34. The Morgan fingerprint density at radius 3 is 2.00 bits per heavy atom. The van der Waals surface area contributed by atoms with E-state index in [-0.39, 0.29) is 12.4 Å². The zero-order valence-corrected chi connectivity index (χ0v) is 20.3. The maximum absolute atomic E-state index is 5.95. The first-order valence-electron chi connectivity index (χ1n) is 11.3. The van der Waals surface area contributed by atoms with Crippen LogP contribution >= 0.6 is 0 Å². The van der Waals surface area contributed by atoms with E-state index in [4.69, 9.17) is 18.9 Å². The number of piperazine rings is 1. The van der Waals surface area contributed by atoms with Gasteiger partial charge in [0.05, 0.1) is 66.3 Å². The first kappa shape index (κ1) is 25.9. The van der Waals surface area contributed by atoms with Crippen LogP contribution in [-0.2, 0) is 0 Å². The van der Waals surface area contributed by atoms with Crippen molar-refractivity contribution in [3.63, 3.8) is 0 Å². The molecule has 0 saturated carbocycles. The standard InChI is InChI=1S/C25H36N2O4.ClH/c1-28-22-12-7-6-11-21(22)27-18-16-26(17-19-27)15-8-4-5-9-20-31-25-23(29-2)13-10-14-24(25)30-3;/h6-7,10-14H,4-5,8-9,15-20H2,1-3H3;1H. The topological polar surface area (TPSA) is 44.6 Å². The number of rotatable bonds is 12. The molecule has 7 heteroatoms. The normalized spacial score (nSPS) is 13.9. The third-order valence-electron chi connectivity index (χ3n) is 5.95. The lowest BCUT2D eigenvalue weighted by Crippen LogP contribution is -3.14. The van der Waals surface area contributed by atoms with E-state index in [1.807, 2.05) is 30.3 Å². The van der Waals surface area contributed by atoms with Gasteiger partial charge in [-0.2, -0.15) is 0 Å². The highest BCUT2D eigenvalue weighted by molar-refractivity contribution is 5.58. The molecule has 178 valence electrons. The lowest BCUT2D eigenvalue weighted by molar-refractivity contribution is -0.900. The van der Waals surface area contributed by atoms with Crippen molar-refractivity contribution in [3.8, 4) is 23.0 Å². The van der Waals surface area contributed by atoms with Gasteiger partial charge in [0.25, 0.3) is 0 Å². The van der Waals surface area contributed by atoms with Crippen molar-refractivity contribution in [2.75, 3.05) is 65.6 Å². The number of quaternary nitrogens is 1. The van der Waals surface area contributed by atoms with Crippen LogP contribution in [0.3, 0.4) is 0 Å². The molecule has 1 saturated heterocycles. The molecule has 2 aromatic rings. The van der Waals surface area contributed by atoms with Crippen LogP contribution in [0.4, 0.5) is 5.69 Å². The summed E-state index contributed by atoms with van der Waals surface area (Å²) in [7, 11) is 5.05. The molecule has 6 nitrogen and oxygen atoms in total. The maximum Gasteiger partial charge on any atom is 0.203 e. The number of unbranched alkanes of at least 4 members (excludes halogenated alkanes) is 3. The molecule has 0 atom stereocenters. The molecular formula is C25H37ClN2O4. The predicted octanol–water partition coefficient (Wildman–Crippen LogP) is 0.0607. The zero-order valence-electron chi connectivity index (χ0n) is 19.6. The van der Waals surface area contributed by atoms with E-state index < -0.39 is 0 Å². The van der Waals surface area contributed by atoms with E-state index in [9.17, 15) is 0 Å². The maximum atomic E-state index is 5.95. The fraction of sp³-hybridized carbons (Fsp3) is 0.520. The SMILES string of the molecule is COc1ccccc1N1CC[NH+](CCCCCCOc2c(OC)cccc2OC)CC1.[Cl-]. The van der Waals surface area contributed by atoms with Crippen molar-refractivity contribution >= 4 is 5.69 Å². The Balaban J connectivity index is 0.00000363. The van der Waals surface area contributed by atoms with Crippen LogP contribution < -0.4 is 41.2 Å². The van der Waals surface area contributed by atoms with Crippen molar-refractivity contribution in [1.29, 1.82) is 0 Å². The molecule has 0 unspecified atom stereocenters. The molecular weight excluding hydrogens is 428 g/mol. The highest BCUT2D eigenvalue weighted by Crippen LogP contribution is 2.36. The molecule has 1 fully saturated rings. The Hall–Kier alpha value is -2.31. The molecule has 1 aliphatic rings. The van der Waals surface area contributed by atoms with Gasteiger partial charge in [-0.05, 0) is 49.9 Å². The van der Waals surface area contributed by atoms with Crippen LogP contribution in [0.2, 0.25) is 0 Å². The number of methoxy groups -OCH3 is 3. The van der Waals surface area contributed by atoms with Gasteiger partial charge in [0.2, 0.25) is 5.75 Å². The third kappa shape index (κ3) is 7.10. The number of anilines is 1. The van der Waals surface area contributed by atoms with Gasteiger partial charge < -0.3 is 41.2 Å². The summed E-state index contributed by atoms with van der Waals surface area (Å²) in [6.45, 7) is 6.49. The van der Waals surface area contributed by atoms with E-state index in [0.29, 0.717) is 12.4 Å². The summed E-state index contributed by atoms with van der Waals surface area (Å²) >= 11 is 0. The molecule has 1 N–H and O–H groups in total. The summed E-state index contributed by atoms with van der Waals surface area (Å²) in [6, 6.07) is 14.0. The Kier molecular flexibility index (Phi) is 11.3. The van der Waals surface area contributed by atoms with Gasteiger partial charge in [-0.1, -0.05) is 18.2 Å². The molecule has 0 amide bonds. The molecule has 0 bridgehead atoms. The first-order chi connectivity index (χ1) is 15.3. The van der Waals surface area contributed by atoms with Crippen molar-refractivity contribution in [2.24, 2.45) is 0 Å². The quantitative estimate of drug-likeness (QED) is 0.450. The highest BCUT2D eigenvalue weighted by atomic mass is 35.5. The summed E-state index contributed by atoms with van der Waals surface area (Å²) in [5.41, 5.74) is 1.22. The predicted molar refractivity (Wildman–Crippen MR) is 124 cm³/mol. The van der Waals surface area contributed by atoms with Gasteiger partial charge in [0, 0.05) is 0 Å². The summed E-state index contributed by atoms with van der Waals surface area (Å²) in [6.07, 6.45) is 4.73. The highest BCUT2D eigenvalue weighted by Gasteiger charge is 2.21. The Morgan fingerprint density at radius 2 is 1.34 bits per heavy atom. The summed E-state index contributed by atoms with van der Waals surface area (Å²) < 4.78 is 22.2. The average molecular weight is 465 g/mol. The summed E-state index contributed by atoms with van der Waals surface area (Å²) in [5.74, 6) is 3.11. The Labute approximate surface area is 198 Å². The summed E-state index contributed by atoms with van der Waals surface area (Å²) in [4.78, 5) is 4.16. The third-order valence-corrected chi connectivity index (χ3v) is 5.95. The molecule has 0 aliphatic carbocycles. The molecule has 32 heavy (non-hydrogen) atoms. The van der Waals surface area contributed by atoms with E-state index in [1.54, 1.807) is 26.2 Å². The average Bonchev–Trinajstić information content (AvgIpc) is 2.83. The fourth-order valence-electron chi connectivity index (χ4n) is 4.17. The van der Waals surface area contributed by atoms with Crippen LogP contribution in [-0.4, -0.2) is 60.7 Å². The van der Waals surface area contributed by atoms with Gasteiger partial charge in [-0.25, -0.2) is 0 Å². The number of hydrogen-bond acceptors (Lipinski definition) is 5. The number of halogens is 1. The van der Waals surface area contributed by atoms with E-state index in [2.05, 4.69) is 17.0 Å². The van der Waals surface area contributed by atoms with Crippen LogP contribution in [0, 0.1) is 0 Å². The lowest BCUT2D eigenvalue weighted by atomic mass is 10.1. The second kappa shape index (κ2) is 14.0. The van der Waals surface area contributed by atoms with E-state index in [0.717, 1.165) is 36.8 Å². The van der Waals surface area contributed by atoms with Crippen molar-refractivity contribution in [2.45, 2.75) is 25.7 Å². The van der Waals surface area contributed by atoms with Gasteiger partial charge >= 0.3 is 0 Å². The smallest absolute Gasteiger partial charge is 0.203 e. The Bertz CT molecular complexity index is 775. The van der Waals surface area contributed by atoms with Gasteiger partial charge in [-0.15, -0.1) is 0 Å². The monoisotopic (exact) mass is 464 g/mol. The molecule has 0 aromatic heterocycles. The van der Waals surface area contributed by atoms with Crippen LogP contribution in [0.25, 0.3) is 0 Å². The van der Waals surface area contributed by atoms with Gasteiger partial charge in [-0.3, -0.25) is 0 Å². The minimum atomic E-state index is 0. The van der Waals surface area contributed by atoms with Crippen LogP contribution in [0.1, 0.15) is 25.7 Å². The van der Waals surface area contributed by atoms with Gasteiger partial charge in [0.1, 0.15) is 5.75 Å². The number of hydrogen-bond donors (Lipinski definition) is 1. The second-order valence-electron chi connectivity index (χ2n) is 7.91. The number of benzene rings is 2. The van der Waals surface area contributed by atoms with Crippen LogP contribution in [0.5, 0.6) is 23.0 Å². The van der Waals surface area contributed by atoms with Crippen LogP contribution in [0.15, 0.2) is 42.5 Å². The second-order valence-corrected chi connectivity index (χ2v) is 7.91. The molecule has 1 aliphatic heterocycles. The number of para-hydroxylation sites is 3. The molecule has 3 rings (SSSR count). The van der Waals surface area contributed by atoms with Crippen molar-refractivity contribution < 1.29 is 36.3 Å². The minimum Gasteiger partial charge on any atom is -1.00 e. The summed E-state index contributed by atoms with van der Waals surface area (Å²) in [5, 5.41) is 0. The molecule has 1 heterocycles. The molecule has 2 aromatic carbocycles. The van der Waals surface area contributed by atoms with E-state index in [1.165, 1.54) is 44.6 Å². The number of nitrogens with one attached hydrogen (secondary N) is 1. The number of ether oxygens (including phenoxy) is 4. The van der Waals surface area contributed by atoms with Crippen molar-refractivity contribution in [3.05, 3.63) is 42.5 Å². The fourth-order valence-corrected chi connectivity index (χ4v) is 4.17. The zero-order chi connectivity index (χ0) is 21.9. The van der Waals surface area contributed by atoms with E-state index >= 15 is 0 Å². The first-order valence-corrected chi connectivity index (χ1v) is 11.3. The van der Waals surface area contributed by atoms with Gasteiger partial charge in [0.15, 0.2) is 11.5 Å². The molecule has 0 radical (unpaired) electrons.